The van der Waals surface area contributed by atoms with Crippen LogP contribution in [0.2, 0.25) is 0 Å². The highest BCUT2D eigenvalue weighted by Gasteiger charge is 2.20. The molecule has 0 fully saturated rings. The van der Waals surface area contributed by atoms with Crippen molar-refractivity contribution in [2.45, 2.75) is 13.0 Å². The lowest BCUT2D eigenvalue weighted by Crippen LogP contribution is -2.41. The number of hydrogen-bond acceptors (Lipinski definition) is 6. The van der Waals surface area contributed by atoms with E-state index in [9.17, 15) is 19.7 Å². The summed E-state index contributed by atoms with van der Waals surface area (Å²) in [5.74, 6) is 0. The van der Waals surface area contributed by atoms with Crippen molar-refractivity contribution < 1.29 is 4.92 Å². The van der Waals surface area contributed by atoms with Crippen LogP contribution in [0.3, 0.4) is 0 Å². The van der Waals surface area contributed by atoms with E-state index in [-0.39, 0.29) is 16.7 Å². The summed E-state index contributed by atoms with van der Waals surface area (Å²) in [7, 11) is 0. The van der Waals surface area contributed by atoms with Crippen molar-refractivity contribution in [3.05, 3.63) is 104 Å². The number of rotatable bonds is 4. The van der Waals surface area contributed by atoms with Crippen molar-refractivity contribution in [2.75, 3.05) is 0 Å². The van der Waals surface area contributed by atoms with Crippen molar-refractivity contribution >= 4 is 16.7 Å². The van der Waals surface area contributed by atoms with Crippen molar-refractivity contribution in [2.24, 2.45) is 0 Å². The Kier molecular flexibility index (Phi) is 4.47. The summed E-state index contributed by atoms with van der Waals surface area (Å²) in [6.07, 6.45) is 4.69. The molecule has 0 amide bonds. The SMILES string of the molecule is CC(c1cccnc1)n1c(=O)c2cccnc2n(-c2ccc([N+](=O)[O-])cc2)c1=O. The van der Waals surface area contributed by atoms with E-state index in [1.54, 1.807) is 43.6 Å². The summed E-state index contributed by atoms with van der Waals surface area (Å²) in [6, 6.07) is 11.7. The predicted molar refractivity (Wildman–Crippen MR) is 106 cm³/mol. The Morgan fingerprint density at radius 2 is 1.76 bits per heavy atom. The van der Waals surface area contributed by atoms with E-state index in [0.717, 1.165) is 4.57 Å². The molecule has 144 valence electrons. The van der Waals surface area contributed by atoms with Crippen LogP contribution in [0.5, 0.6) is 0 Å². The minimum Gasteiger partial charge on any atom is -0.268 e. The number of hydrogen-bond donors (Lipinski definition) is 0. The normalized spacial score (nSPS) is 12.0. The number of aromatic nitrogens is 4. The first-order chi connectivity index (χ1) is 14.0. The molecule has 29 heavy (non-hydrogen) atoms. The zero-order chi connectivity index (χ0) is 20.5. The summed E-state index contributed by atoms with van der Waals surface area (Å²) in [5.41, 5.74) is 0.0998. The maximum absolute atomic E-state index is 13.4. The van der Waals surface area contributed by atoms with Crippen LogP contribution in [0.25, 0.3) is 16.7 Å². The molecule has 0 N–H and O–H groups in total. The lowest BCUT2D eigenvalue weighted by Gasteiger charge is -2.18. The largest absolute Gasteiger partial charge is 0.337 e. The van der Waals surface area contributed by atoms with Crippen LogP contribution >= 0.6 is 0 Å². The fourth-order valence-electron chi connectivity index (χ4n) is 3.23. The van der Waals surface area contributed by atoms with E-state index in [4.69, 9.17) is 0 Å². The van der Waals surface area contributed by atoms with Gasteiger partial charge in [-0.2, -0.15) is 0 Å². The molecule has 3 aromatic heterocycles. The monoisotopic (exact) mass is 389 g/mol. The molecule has 4 rings (SSSR count). The summed E-state index contributed by atoms with van der Waals surface area (Å²) >= 11 is 0. The molecule has 0 radical (unpaired) electrons. The third kappa shape index (κ3) is 3.08. The highest BCUT2D eigenvalue weighted by molar-refractivity contribution is 5.75. The second-order valence-corrected chi connectivity index (χ2v) is 6.40. The maximum atomic E-state index is 13.4. The molecule has 4 aromatic rings. The van der Waals surface area contributed by atoms with Gasteiger partial charge in [-0.25, -0.2) is 14.3 Å². The van der Waals surface area contributed by atoms with Gasteiger partial charge in [0.2, 0.25) is 0 Å². The summed E-state index contributed by atoms with van der Waals surface area (Å²) < 4.78 is 2.43. The first-order valence-electron chi connectivity index (χ1n) is 8.76. The zero-order valence-electron chi connectivity index (χ0n) is 15.3. The predicted octanol–water partition coefficient (Wildman–Crippen LogP) is 2.46. The molecule has 1 aromatic carbocycles. The molecule has 0 aliphatic heterocycles. The summed E-state index contributed by atoms with van der Waals surface area (Å²) in [6.45, 7) is 1.74. The molecule has 0 spiro atoms. The fourth-order valence-corrected chi connectivity index (χ4v) is 3.23. The minimum absolute atomic E-state index is 0.101. The quantitative estimate of drug-likeness (QED) is 0.391. The molecular weight excluding hydrogens is 374 g/mol. The molecule has 1 atom stereocenters. The highest BCUT2D eigenvalue weighted by Crippen LogP contribution is 2.19. The van der Waals surface area contributed by atoms with Crippen LogP contribution in [-0.4, -0.2) is 24.0 Å². The lowest BCUT2D eigenvalue weighted by atomic mass is 10.1. The van der Waals surface area contributed by atoms with Crippen LogP contribution in [-0.2, 0) is 0 Å². The average Bonchev–Trinajstić information content (AvgIpc) is 2.75. The third-order valence-electron chi connectivity index (χ3n) is 4.72. The van der Waals surface area contributed by atoms with Crippen LogP contribution in [0, 0.1) is 10.1 Å². The van der Waals surface area contributed by atoms with Gasteiger partial charge in [-0.1, -0.05) is 6.07 Å². The number of benzene rings is 1. The Morgan fingerprint density at radius 3 is 2.41 bits per heavy atom. The zero-order valence-corrected chi connectivity index (χ0v) is 15.3. The van der Waals surface area contributed by atoms with Crippen LogP contribution in [0.4, 0.5) is 5.69 Å². The molecule has 3 heterocycles. The lowest BCUT2D eigenvalue weighted by molar-refractivity contribution is -0.384. The van der Waals surface area contributed by atoms with Crippen molar-refractivity contribution in [1.29, 1.82) is 0 Å². The van der Waals surface area contributed by atoms with Crippen molar-refractivity contribution in [3.8, 4) is 5.69 Å². The highest BCUT2D eigenvalue weighted by atomic mass is 16.6. The third-order valence-corrected chi connectivity index (χ3v) is 4.72. The minimum atomic E-state index is -0.591. The van der Waals surface area contributed by atoms with E-state index in [0.29, 0.717) is 11.3 Å². The number of non-ortho nitro benzene ring substituents is 1. The van der Waals surface area contributed by atoms with Gasteiger partial charge in [0, 0.05) is 30.7 Å². The molecule has 0 saturated carbocycles. The molecule has 0 bridgehead atoms. The fraction of sp³-hybridized carbons (Fsp3) is 0.100. The van der Waals surface area contributed by atoms with Gasteiger partial charge in [0.15, 0.2) is 5.65 Å². The van der Waals surface area contributed by atoms with Gasteiger partial charge in [-0.3, -0.25) is 24.5 Å². The Hall–Kier alpha value is -4.14. The second-order valence-electron chi connectivity index (χ2n) is 6.40. The van der Waals surface area contributed by atoms with Crippen LogP contribution in [0.1, 0.15) is 18.5 Å². The van der Waals surface area contributed by atoms with E-state index in [2.05, 4.69) is 9.97 Å². The average molecular weight is 389 g/mol. The van der Waals surface area contributed by atoms with Gasteiger partial charge in [0.25, 0.3) is 11.2 Å². The molecule has 0 aliphatic rings. The van der Waals surface area contributed by atoms with E-state index in [1.165, 1.54) is 35.0 Å². The van der Waals surface area contributed by atoms with E-state index in [1.807, 2.05) is 0 Å². The molecule has 9 heteroatoms. The van der Waals surface area contributed by atoms with E-state index < -0.39 is 22.2 Å². The topological polar surface area (TPSA) is 113 Å². The van der Waals surface area contributed by atoms with E-state index >= 15 is 0 Å². The van der Waals surface area contributed by atoms with Crippen molar-refractivity contribution in [3.63, 3.8) is 0 Å². The van der Waals surface area contributed by atoms with Crippen LogP contribution in [0.15, 0.2) is 76.7 Å². The standard InChI is InChI=1S/C20H15N5O4/c1-13(14-4-2-10-21-12-14)23-19(26)17-5-3-11-22-18(17)24(20(23)27)15-6-8-16(9-7-15)25(28)29/h2-13H,1H3. The first-order valence-corrected chi connectivity index (χ1v) is 8.76. The Balaban J connectivity index is 2.03. The number of fused-ring (bicyclic) bond motifs is 1. The Morgan fingerprint density at radius 1 is 1.03 bits per heavy atom. The van der Waals surface area contributed by atoms with Crippen LogP contribution < -0.4 is 11.2 Å². The van der Waals surface area contributed by atoms with Gasteiger partial charge < -0.3 is 0 Å². The Bertz CT molecular complexity index is 1330. The van der Waals surface area contributed by atoms with Gasteiger partial charge in [-0.15, -0.1) is 0 Å². The molecule has 1 unspecified atom stereocenters. The van der Waals surface area contributed by atoms with Gasteiger partial charge >= 0.3 is 5.69 Å². The molecule has 9 nitrogen and oxygen atoms in total. The molecule has 0 saturated heterocycles. The van der Waals surface area contributed by atoms with Gasteiger partial charge in [-0.05, 0) is 42.8 Å². The number of nitro benzene ring substituents is 1. The number of nitrogens with zero attached hydrogens (tertiary/aromatic N) is 5. The number of nitro groups is 1. The summed E-state index contributed by atoms with van der Waals surface area (Å²) in [5, 5.41) is 11.2. The first kappa shape index (κ1) is 18.2. The van der Waals surface area contributed by atoms with Gasteiger partial charge in [0.1, 0.15) is 0 Å². The Labute approximate surface area is 163 Å². The maximum Gasteiger partial charge on any atom is 0.337 e. The summed E-state index contributed by atoms with van der Waals surface area (Å²) in [4.78, 5) is 45.2. The van der Waals surface area contributed by atoms with Gasteiger partial charge in [0.05, 0.1) is 22.0 Å². The number of pyridine rings is 2. The second kappa shape index (κ2) is 7.12. The van der Waals surface area contributed by atoms with Crippen molar-refractivity contribution in [1.82, 2.24) is 19.1 Å². The molecule has 0 aliphatic carbocycles. The molecular formula is C20H15N5O4. The smallest absolute Gasteiger partial charge is 0.268 e.